The lowest BCUT2D eigenvalue weighted by Crippen LogP contribution is -2.58. The highest BCUT2D eigenvalue weighted by molar-refractivity contribution is 6.31. The van der Waals surface area contributed by atoms with E-state index >= 15 is 0 Å². The van der Waals surface area contributed by atoms with Gasteiger partial charge < -0.3 is 15.2 Å². The summed E-state index contributed by atoms with van der Waals surface area (Å²) in [5.74, 6) is -0.456. The molecule has 0 aliphatic heterocycles. The van der Waals surface area contributed by atoms with Crippen molar-refractivity contribution in [3.63, 3.8) is 0 Å². The van der Waals surface area contributed by atoms with E-state index in [0.29, 0.717) is 29.8 Å². The fourth-order valence-electron chi connectivity index (χ4n) is 2.84. The predicted octanol–water partition coefficient (Wildman–Crippen LogP) is 3.17. The summed E-state index contributed by atoms with van der Waals surface area (Å²) in [5.41, 5.74) is -1.57. The van der Waals surface area contributed by atoms with Crippen LogP contribution in [0, 0.1) is 0 Å². The van der Waals surface area contributed by atoms with Crippen LogP contribution in [0.15, 0.2) is 24.3 Å². The van der Waals surface area contributed by atoms with Gasteiger partial charge in [0.05, 0.1) is 0 Å². The Kier molecular flexibility index (Phi) is 5.01. The van der Waals surface area contributed by atoms with E-state index in [1.54, 1.807) is 45.0 Å². The molecule has 1 fully saturated rings. The monoisotopic (exact) mass is 339 g/mol. The fraction of sp³-hybridized carbons (Fsp3) is 0.529. The number of hydrogen-bond acceptors (Lipinski definition) is 4. The summed E-state index contributed by atoms with van der Waals surface area (Å²) in [6.45, 7) is 5.23. The van der Waals surface area contributed by atoms with Crippen molar-refractivity contribution in [1.82, 2.24) is 5.32 Å². The number of halogens is 1. The van der Waals surface area contributed by atoms with Crippen LogP contribution in [-0.4, -0.2) is 28.7 Å². The molecule has 0 bridgehead atoms. The topological polar surface area (TPSA) is 75.6 Å². The highest BCUT2D eigenvalue weighted by Gasteiger charge is 2.48. The second-order valence-corrected chi connectivity index (χ2v) is 7.19. The van der Waals surface area contributed by atoms with Crippen LogP contribution < -0.4 is 5.32 Å². The Morgan fingerprint density at radius 1 is 1.39 bits per heavy atom. The van der Waals surface area contributed by atoms with Crippen molar-refractivity contribution < 1.29 is 19.4 Å². The third-order valence-corrected chi connectivity index (χ3v) is 4.13. The lowest BCUT2D eigenvalue weighted by atomic mass is 9.74. The summed E-state index contributed by atoms with van der Waals surface area (Å²) >= 11 is 6.25. The van der Waals surface area contributed by atoms with Crippen molar-refractivity contribution in [1.29, 1.82) is 0 Å². The molecule has 0 spiro atoms. The van der Waals surface area contributed by atoms with Gasteiger partial charge in [0.15, 0.2) is 5.78 Å². The number of aliphatic hydroxyl groups is 1. The lowest BCUT2D eigenvalue weighted by molar-refractivity contribution is -0.137. The van der Waals surface area contributed by atoms with Gasteiger partial charge in [-0.15, -0.1) is 0 Å². The second kappa shape index (κ2) is 6.49. The Hall–Kier alpha value is -1.59. The van der Waals surface area contributed by atoms with Crippen molar-refractivity contribution in [3.8, 4) is 0 Å². The minimum Gasteiger partial charge on any atom is -0.444 e. The van der Waals surface area contributed by atoms with Gasteiger partial charge in [0.25, 0.3) is 0 Å². The number of amides is 1. The van der Waals surface area contributed by atoms with Crippen molar-refractivity contribution in [2.45, 2.75) is 57.3 Å². The number of ketones is 1. The van der Waals surface area contributed by atoms with Crippen molar-refractivity contribution in [3.05, 3.63) is 34.9 Å². The van der Waals surface area contributed by atoms with Gasteiger partial charge in [0.1, 0.15) is 17.2 Å². The molecule has 5 nitrogen and oxygen atoms in total. The number of benzene rings is 1. The van der Waals surface area contributed by atoms with Gasteiger partial charge >= 0.3 is 6.09 Å². The number of hydrogen-bond donors (Lipinski definition) is 2. The molecule has 6 heteroatoms. The minimum atomic E-state index is -1.36. The third kappa shape index (κ3) is 3.85. The first-order valence-corrected chi connectivity index (χ1v) is 8.02. The van der Waals surface area contributed by atoms with Crippen LogP contribution in [0.2, 0.25) is 5.02 Å². The van der Waals surface area contributed by atoms with E-state index in [4.69, 9.17) is 16.3 Å². The highest BCUT2D eigenvalue weighted by Crippen LogP contribution is 2.38. The van der Waals surface area contributed by atoms with Crippen LogP contribution in [0.25, 0.3) is 0 Å². The standard InChI is InChI=1S/C17H22ClNO4/c1-16(2,3)23-15(22)19-17(10-6-9-13(20)14(17)21)11-7-4-5-8-12(11)18/h4-5,7-8,13,20H,6,9-10H2,1-3H3,(H,19,22)/t13-,17?/m1/s1. The maximum Gasteiger partial charge on any atom is 0.408 e. The molecule has 1 aliphatic rings. The zero-order valence-electron chi connectivity index (χ0n) is 13.6. The van der Waals surface area contributed by atoms with Gasteiger partial charge in [-0.3, -0.25) is 4.79 Å². The van der Waals surface area contributed by atoms with E-state index in [1.165, 1.54) is 0 Å². The molecule has 1 amide bonds. The number of nitrogens with one attached hydrogen (secondary N) is 1. The van der Waals surface area contributed by atoms with Gasteiger partial charge in [-0.1, -0.05) is 29.8 Å². The van der Waals surface area contributed by atoms with Gasteiger partial charge in [0.2, 0.25) is 0 Å². The zero-order valence-corrected chi connectivity index (χ0v) is 14.3. The first-order chi connectivity index (χ1) is 10.7. The average molecular weight is 340 g/mol. The molecule has 0 radical (unpaired) electrons. The smallest absolute Gasteiger partial charge is 0.408 e. The summed E-state index contributed by atoms with van der Waals surface area (Å²) in [7, 11) is 0. The molecule has 1 unspecified atom stereocenters. The fourth-order valence-corrected chi connectivity index (χ4v) is 3.14. The molecule has 1 aromatic rings. The third-order valence-electron chi connectivity index (χ3n) is 3.80. The number of Topliss-reactive ketones (excluding diaryl/α,β-unsaturated/α-hetero) is 1. The van der Waals surface area contributed by atoms with Crippen LogP contribution in [0.1, 0.15) is 45.6 Å². The zero-order chi connectivity index (χ0) is 17.3. The average Bonchev–Trinajstić information content (AvgIpc) is 2.42. The van der Waals surface area contributed by atoms with Crippen LogP contribution in [0.4, 0.5) is 4.79 Å². The van der Waals surface area contributed by atoms with Crippen LogP contribution in [0.5, 0.6) is 0 Å². The quantitative estimate of drug-likeness (QED) is 0.867. The number of carbonyl (C=O) groups excluding carboxylic acids is 2. The van der Waals surface area contributed by atoms with E-state index in [1.807, 2.05) is 0 Å². The SMILES string of the molecule is CC(C)(C)OC(=O)NC1(c2ccccc2Cl)CCC[C@@H](O)C1=O. The Balaban J connectivity index is 2.42. The van der Waals surface area contributed by atoms with E-state index in [9.17, 15) is 14.7 Å². The lowest BCUT2D eigenvalue weighted by Gasteiger charge is -2.39. The van der Waals surface area contributed by atoms with Gasteiger partial charge in [-0.05, 0) is 46.1 Å². The molecule has 1 saturated carbocycles. The molecular weight excluding hydrogens is 318 g/mol. The molecule has 2 atom stereocenters. The summed E-state index contributed by atoms with van der Waals surface area (Å²) in [6.07, 6.45) is -0.504. The Labute approximate surface area is 141 Å². The van der Waals surface area contributed by atoms with Gasteiger partial charge in [0, 0.05) is 10.6 Å². The van der Waals surface area contributed by atoms with Gasteiger partial charge in [-0.2, -0.15) is 0 Å². The molecule has 0 heterocycles. The van der Waals surface area contributed by atoms with Crippen molar-refractivity contribution >= 4 is 23.5 Å². The summed E-state index contributed by atoms with van der Waals surface area (Å²) < 4.78 is 5.28. The molecule has 0 saturated heterocycles. The van der Waals surface area contributed by atoms with Crippen molar-refractivity contribution in [2.75, 3.05) is 0 Å². The molecule has 126 valence electrons. The maximum atomic E-state index is 12.7. The van der Waals surface area contributed by atoms with E-state index in [0.717, 1.165) is 0 Å². The van der Waals surface area contributed by atoms with E-state index in [-0.39, 0.29) is 0 Å². The Morgan fingerprint density at radius 3 is 2.65 bits per heavy atom. The number of rotatable bonds is 2. The van der Waals surface area contributed by atoms with E-state index < -0.39 is 29.1 Å². The number of aliphatic hydroxyl groups excluding tert-OH is 1. The Bertz CT molecular complexity index is 611. The molecule has 1 aliphatic carbocycles. The van der Waals surface area contributed by atoms with Gasteiger partial charge in [-0.25, -0.2) is 4.79 Å². The summed E-state index contributed by atoms with van der Waals surface area (Å²) in [4.78, 5) is 25.0. The second-order valence-electron chi connectivity index (χ2n) is 6.78. The molecule has 2 rings (SSSR count). The predicted molar refractivity (Wildman–Crippen MR) is 87.4 cm³/mol. The van der Waals surface area contributed by atoms with Crippen LogP contribution >= 0.6 is 11.6 Å². The maximum absolute atomic E-state index is 12.7. The number of carbonyl (C=O) groups is 2. The minimum absolute atomic E-state index is 0.367. The normalized spacial score (nSPS) is 25.1. The van der Waals surface area contributed by atoms with Crippen LogP contribution in [-0.2, 0) is 15.1 Å². The van der Waals surface area contributed by atoms with Crippen molar-refractivity contribution in [2.24, 2.45) is 0 Å². The number of ether oxygens (including phenoxy) is 1. The molecule has 0 aromatic heterocycles. The Morgan fingerprint density at radius 2 is 2.04 bits per heavy atom. The molecule has 23 heavy (non-hydrogen) atoms. The summed E-state index contributed by atoms with van der Waals surface area (Å²) in [6, 6.07) is 6.84. The highest BCUT2D eigenvalue weighted by atomic mass is 35.5. The first-order valence-electron chi connectivity index (χ1n) is 7.64. The van der Waals surface area contributed by atoms with E-state index in [2.05, 4.69) is 5.32 Å². The largest absolute Gasteiger partial charge is 0.444 e. The molecule has 1 aromatic carbocycles. The molecular formula is C17H22ClNO4. The molecule has 2 N–H and O–H groups in total. The first kappa shape index (κ1) is 17.8. The van der Waals surface area contributed by atoms with Crippen LogP contribution in [0.3, 0.4) is 0 Å². The number of alkyl carbamates (subject to hydrolysis) is 1. The summed E-state index contributed by atoms with van der Waals surface area (Å²) in [5, 5.41) is 13.1.